The first-order chi connectivity index (χ1) is 5.70. The van der Waals surface area contributed by atoms with Crippen LogP contribution in [0.15, 0.2) is 16.8 Å². The third-order valence-electron chi connectivity index (χ3n) is 2.03. The molecule has 76 valence electrons. The van der Waals surface area contributed by atoms with E-state index in [0.717, 1.165) is 12.3 Å². The normalized spacial score (nSPS) is 12.6. The molecule has 1 unspecified atom stereocenters. The third kappa shape index (κ3) is 4.65. The Morgan fingerprint density at radius 1 is 1.38 bits per heavy atom. The predicted molar refractivity (Wildman–Crippen MR) is 62.6 cm³/mol. The van der Waals surface area contributed by atoms with Crippen LogP contribution in [0.2, 0.25) is 0 Å². The monoisotopic (exact) mass is 219 g/mol. The van der Waals surface area contributed by atoms with Gasteiger partial charge in [-0.1, -0.05) is 13.8 Å². The Morgan fingerprint density at radius 3 is 2.54 bits per heavy atom. The molecule has 1 rings (SSSR count). The van der Waals surface area contributed by atoms with Gasteiger partial charge in [0.05, 0.1) is 0 Å². The van der Waals surface area contributed by atoms with Crippen LogP contribution in [0.1, 0.15) is 38.3 Å². The molecule has 0 radical (unpaired) electrons. The lowest BCUT2D eigenvalue weighted by Gasteiger charge is -2.10. The number of thiophene rings is 1. The van der Waals surface area contributed by atoms with Gasteiger partial charge in [0.2, 0.25) is 0 Å². The molecule has 0 aliphatic rings. The van der Waals surface area contributed by atoms with Crippen molar-refractivity contribution in [3.05, 3.63) is 22.4 Å². The second-order valence-electron chi connectivity index (χ2n) is 3.63. The van der Waals surface area contributed by atoms with E-state index in [-0.39, 0.29) is 18.4 Å². The average molecular weight is 220 g/mol. The summed E-state index contributed by atoms with van der Waals surface area (Å²) < 4.78 is 0. The van der Waals surface area contributed by atoms with Gasteiger partial charge in [-0.25, -0.2) is 0 Å². The molecule has 0 spiro atoms. The second kappa shape index (κ2) is 6.41. The van der Waals surface area contributed by atoms with Crippen molar-refractivity contribution >= 4 is 23.7 Å². The minimum Gasteiger partial charge on any atom is -0.324 e. The van der Waals surface area contributed by atoms with E-state index >= 15 is 0 Å². The summed E-state index contributed by atoms with van der Waals surface area (Å²) in [4.78, 5) is 0. The highest BCUT2D eigenvalue weighted by Crippen LogP contribution is 2.20. The van der Waals surface area contributed by atoms with Crippen LogP contribution in [0.25, 0.3) is 0 Å². The molecule has 0 aromatic carbocycles. The summed E-state index contributed by atoms with van der Waals surface area (Å²) >= 11 is 1.72. The molecule has 0 fully saturated rings. The third-order valence-corrected chi connectivity index (χ3v) is 2.73. The Hall–Kier alpha value is -0.0500. The maximum Gasteiger partial charge on any atom is 0.0303 e. The van der Waals surface area contributed by atoms with E-state index < -0.39 is 0 Å². The highest BCUT2D eigenvalue weighted by molar-refractivity contribution is 7.07. The number of hydrogen-bond acceptors (Lipinski definition) is 2. The van der Waals surface area contributed by atoms with Crippen molar-refractivity contribution < 1.29 is 0 Å². The van der Waals surface area contributed by atoms with Crippen molar-refractivity contribution in [2.45, 2.75) is 32.7 Å². The second-order valence-corrected chi connectivity index (χ2v) is 4.41. The van der Waals surface area contributed by atoms with E-state index in [2.05, 4.69) is 30.7 Å². The summed E-state index contributed by atoms with van der Waals surface area (Å²) in [6, 6.07) is 2.37. The van der Waals surface area contributed by atoms with Gasteiger partial charge in [-0.15, -0.1) is 12.4 Å². The Kier molecular flexibility index (Phi) is 6.39. The Bertz CT molecular complexity index is 209. The molecular formula is C10H18ClNS. The molecule has 0 aliphatic carbocycles. The summed E-state index contributed by atoms with van der Waals surface area (Å²) in [7, 11) is 0. The molecule has 1 heterocycles. The van der Waals surface area contributed by atoms with Gasteiger partial charge in [0.25, 0.3) is 0 Å². The van der Waals surface area contributed by atoms with Crippen LogP contribution < -0.4 is 5.73 Å². The van der Waals surface area contributed by atoms with E-state index in [4.69, 9.17) is 5.73 Å². The molecule has 0 saturated heterocycles. The zero-order valence-corrected chi connectivity index (χ0v) is 9.83. The van der Waals surface area contributed by atoms with E-state index in [9.17, 15) is 0 Å². The van der Waals surface area contributed by atoms with Gasteiger partial charge in [0.15, 0.2) is 0 Å². The Labute approximate surface area is 90.8 Å². The zero-order chi connectivity index (χ0) is 8.97. The van der Waals surface area contributed by atoms with Gasteiger partial charge in [0, 0.05) is 6.04 Å². The van der Waals surface area contributed by atoms with Crippen LogP contribution in [-0.2, 0) is 0 Å². The van der Waals surface area contributed by atoms with Gasteiger partial charge >= 0.3 is 0 Å². The first kappa shape index (κ1) is 12.9. The van der Waals surface area contributed by atoms with E-state index in [1.54, 1.807) is 11.3 Å². The minimum atomic E-state index is 0. The quantitative estimate of drug-likeness (QED) is 0.823. The van der Waals surface area contributed by atoms with Gasteiger partial charge in [-0.05, 0) is 41.1 Å². The first-order valence-electron chi connectivity index (χ1n) is 4.48. The largest absolute Gasteiger partial charge is 0.324 e. The molecule has 1 atom stereocenters. The summed E-state index contributed by atoms with van der Waals surface area (Å²) in [5, 5.41) is 4.23. The van der Waals surface area contributed by atoms with E-state index in [1.165, 1.54) is 12.0 Å². The highest BCUT2D eigenvalue weighted by Gasteiger charge is 2.06. The lowest BCUT2D eigenvalue weighted by atomic mass is 10.0. The van der Waals surface area contributed by atoms with Crippen molar-refractivity contribution in [3.63, 3.8) is 0 Å². The molecule has 1 aromatic heterocycles. The fourth-order valence-electron chi connectivity index (χ4n) is 1.17. The topological polar surface area (TPSA) is 26.0 Å². The van der Waals surface area contributed by atoms with Crippen molar-refractivity contribution in [2.75, 3.05) is 0 Å². The van der Waals surface area contributed by atoms with Gasteiger partial charge in [-0.2, -0.15) is 11.3 Å². The molecule has 0 saturated carbocycles. The van der Waals surface area contributed by atoms with Crippen LogP contribution in [0.3, 0.4) is 0 Å². The summed E-state index contributed by atoms with van der Waals surface area (Å²) in [6.07, 6.45) is 2.32. The molecule has 0 aliphatic heterocycles. The number of halogens is 1. The van der Waals surface area contributed by atoms with Crippen LogP contribution in [0, 0.1) is 5.92 Å². The Balaban J connectivity index is 0.00000144. The van der Waals surface area contributed by atoms with Gasteiger partial charge in [0.1, 0.15) is 0 Å². The van der Waals surface area contributed by atoms with Crippen molar-refractivity contribution in [1.82, 2.24) is 0 Å². The molecule has 1 aromatic rings. The first-order valence-corrected chi connectivity index (χ1v) is 5.42. The fourth-order valence-corrected chi connectivity index (χ4v) is 1.89. The molecule has 13 heavy (non-hydrogen) atoms. The van der Waals surface area contributed by atoms with Crippen molar-refractivity contribution in [2.24, 2.45) is 11.7 Å². The van der Waals surface area contributed by atoms with Gasteiger partial charge < -0.3 is 5.73 Å². The van der Waals surface area contributed by atoms with E-state index in [0.29, 0.717) is 0 Å². The van der Waals surface area contributed by atoms with Gasteiger partial charge in [-0.3, -0.25) is 0 Å². The predicted octanol–water partition coefficient (Wildman–Crippen LogP) is 3.61. The van der Waals surface area contributed by atoms with E-state index in [1.807, 2.05) is 0 Å². The van der Waals surface area contributed by atoms with Crippen LogP contribution in [0.5, 0.6) is 0 Å². The maximum atomic E-state index is 5.99. The smallest absolute Gasteiger partial charge is 0.0303 e. The number of rotatable bonds is 4. The molecule has 2 N–H and O–H groups in total. The maximum absolute atomic E-state index is 5.99. The molecule has 3 heteroatoms. The molecular weight excluding hydrogens is 202 g/mol. The minimum absolute atomic E-state index is 0. The Morgan fingerprint density at radius 2 is 2.08 bits per heavy atom. The number of nitrogens with two attached hydrogens (primary N) is 1. The van der Waals surface area contributed by atoms with Crippen LogP contribution in [0.4, 0.5) is 0 Å². The average Bonchev–Trinajstić information content (AvgIpc) is 2.51. The number of hydrogen-bond donors (Lipinski definition) is 1. The summed E-state index contributed by atoms with van der Waals surface area (Å²) in [5.41, 5.74) is 7.29. The molecule has 0 amide bonds. The fraction of sp³-hybridized carbons (Fsp3) is 0.600. The molecule has 0 bridgehead atoms. The molecule has 1 nitrogen and oxygen atoms in total. The standard InChI is InChI=1S/C10H17NS.ClH/c1-8(2)3-4-10(11)9-5-6-12-7-9;/h5-8,10H,3-4,11H2,1-2H3;1H. The van der Waals surface area contributed by atoms with Crippen molar-refractivity contribution in [3.8, 4) is 0 Å². The highest BCUT2D eigenvalue weighted by atomic mass is 35.5. The summed E-state index contributed by atoms with van der Waals surface area (Å²) in [6.45, 7) is 4.47. The van der Waals surface area contributed by atoms with Crippen LogP contribution >= 0.6 is 23.7 Å². The van der Waals surface area contributed by atoms with Crippen LogP contribution in [-0.4, -0.2) is 0 Å². The summed E-state index contributed by atoms with van der Waals surface area (Å²) in [5.74, 6) is 0.759. The SMILES string of the molecule is CC(C)CCC(N)c1ccsc1.Cl. The van der Waals surface area contributed by atoms with Crippen molar-refractivity contribution in [1.29, 1.82) is 0 Å². The zero-order valence-electron chi connectivity index (χ0n) is 8.19. The lowest BCUT2D eigenvalue weighted by Crippen LogP contribution is -2.09. The lowest BCUT2D eigenvalue weighted by molar-refractivity contribution is 0.508.